The Bertz CT molecular complexity index is 263. The summed E-state index contributed by atoms with van der Waals surface area (Å²) < 4.78 is 3.73. The van der Waals surface area contributed by atoms with Crippen molar-refractivity contribution in [3.8, 4) is 0 Å². The molecule has 0 fully saturated rings. The van der Waals surface area contributed by atoms with Crippen LogP contribution in [-0.4, -0.2) is 12.9 Å². The van der Waals surface area contributed by atoms with E-state index >= 15 is 0 Å². The molecule has 0 saturated heterocycles. The van der Waals surface area contributed by atoms with Crippen LogP contribution in [0.15, 0.2) is 36.0 Å². The van der Waals surface area contributed by atoms with E-state index in [0.717, 1.165) is 0 Å². The van der Waals surface area contributed by atoms with Crippen molar-refractivity contribution < 1.29 is 0 Å². The number of hydrogen-bond donors (Lipinski definition) is 0. The summed E-state index contributed by atoms with van der Waals surface area (Å²) >= 11 is 0. The molecule has 0 amide bonds. The van der Waals surface area contributed by atoms with E-state index in [4.69, 9.17) is 0 Å². The van der Waals surface area contributed by atoms with Gasteiger partial charge in [-0.25, -0.2) is 0 Å². The zero-order valence-corrected chi connectivity index (χ0v) is 6.70. The van der Waals surface area contributed by atoms with Crippen LogP contribution >= 0.6 is 0 Å². The number of rotatable bonds is 1. The van der Waals surface area contributed by atoms with Gasteiger partial charge in [-0.3, -0.25) is 0 Å². The topological polar surface area (TPSA) is 14.1 Å². The summed E-state index contributed by atoms with van der Waals surface area (Å²) in [6, 6.07) is 0. The van der Waals surface area contributed by atoms with Gasteiger partial charge >= 0.3 is 0 Å². The van der Waals surface area contributed by atoms with E-state index in [1.165, 1.54) is 5.57 Å². The van der Waals surface area contributed by atoms with E-state index in [0.29, 0.717) is 5.92 Å². The molecule has 56 valence electrons. The Labute approximate surface area is 67.2 Å². The molecular formula is C10H12N+. The van der Waals surface area contributed by atoms with E-state index in [9.17, 15) is 0 Å². The smallest absolute Gasteiger partial charge is 0.113 e. The molecule has 1 nitrogen and oxygen atoms in total. The Kier molecular flexibility index (Phi) is 2.65. The minimum atomic E-state index is 0.307. The zero-order valence-electron chi connectivity index (χ0n) is 6.70. The summed E-state index contributed by atoms with van der Waals surface area (Å²) in [6.45, 7) is 5.49. The van der Waals surface area contributed by atoms with Gasteiger partial charge in [0, 0.05) is 0 Å². The molecule has 1 rings (SSSR count). The van der Waals surface area contributed by atoms with E-state index in [-0.39, 0.29) is 0 Å². The van der Waals surface area contributed by atoms with Crippen LogP contribution in [0, 0.1) is 5.92 Å². The third-order valence-corrected chi connectivity index (χ3v) is 1.55. The first-order valence-electron chi connectivity index (χ1n) is 3.65. The largest absolute Gasteiger partial charge is 0.278 e. The molecule has 0 heterocycles. The lowest BCUT2D eigenvalue weighted by Gasteiger charge is -1.87. The monoisotopic (exact) mass is 146 g/mol. The molecule has 0 aromatic rings. The minimum Gasteiger partial charge on any atom is -0.113 e. The van der Waals surface area contributed by atoms with Crippen molar-refractivity contribution in [3.05, 3.63) is 36.0 Å². The van der Waals surface area contributed by atoms with Crippen LogP contribution in [0.2, 0.25) is 0 Å². The fraction of sp³-hybridized carbons (Fsp3) is 0.200. The quantitative estimate of drug-likeness (QED) is 0.393. The van der Waals surface area contributed by atoms with Crippen molar-refractivity contribution in [2.75, 3.05) is 0 Å². The van der Waals surface area contributed by atoms with Crippen molar-refractivity contribution in [2.45, 2.75) is 6.92 Å². The lowest BCUT2D eigenvalue weighted by molar-refractivity contribution is 1.17. The van der Waals surface area contributed by atoms with Crippen LogP contribution in [0.3, 0.4) is 0 Å². The van der Waals surface area contributed by atoms with Gasteiger partial charge in [-0.2, -0.15) is 0 Å². The molecule has 1 unspecified atom stereocenters. The Morgan fingerprint density at radius 3 is 3.09 bits per heavy atom. The first-order valence-corrected chi connectivity index (χ1v) is 3.65. The van der Waals surface area contributed by atoms with Crippen LogP contribution in [0.5, 0.6) is 0 Å². The molecule has 1 heteroatoms. The van der Waals surface area contributed by atoms with E-state index < -0.39 is 0 Å². The zero-order chi connectivity index (χ0) is 8.10. The molecule has 0 bridgehead atoms. The van der Waals surface area contributed by atoms with Crippen LogP contribution in [-0.2, 0) is 0 Å². The van der Waals surface area contributed by atoms with Crippen molar-refractivity contribution >= 4 is 12.9 Å². The summed E-state index contributed by atoms with van der Waals surface area (Å²) in [6.07, 6.45) is 12.2. The maximum Gasteiger partial charge on any atom is 0.278 e. The van der Waals surface area contributed by atoms with Crippen molar-refractivity contribution in [3.63, 3.8) is 0 Å². The van der Waals surface area contributed by atoms with Gasteiger partial charge in [0.05, 0.1) is 5.92 Å². The molecular weight excluding hydrogens is 134 g/mol. The highest BCUT2D eigenvalue weighted by Crippen LogP contribution is 2.06. The molecule has 0 radical (unpaired) electrons. The second-order valence-corrected chi connectivity index (χ2v) is 2.56. The maximum absolute atomic E-state index is 3.73. The van der Waals surface area contributed by atoms with Crippen LogP contribution < -0.4 is 4.67 Å². The average molecular weight is 146 g/mol. The molecule has 1 aliphatic carbocycles. The summed E-state index contributed by atoms with van der Waals surface area (Å²) in [5.74, 6) is 0.307. The standard InChI is InChI=1S/C10H12N/c1-9-4-3-5-10(7-6-9)8-11-2/h3-8,10H,2H2,1H3/q+1. The fourth-order valence-electron chi connectivity index (χ4n) is 0.939. The molecule has 0 aromatic heterocycles. The summed E-state index contributed by atoms with van der Waals surface area (Å²) in [4.78, 5) is 0. The Balaban J connectivity index is 2.78. The maximum atomic E-state index is 3.73. The highest BCUT2D eigenvalue weighted by Gasteiger charge is 2.01. The third kappa shape index (κ3) is 2.40. The molecule has 11 heavy (non-hydrogen) atoms. The molecule has 0 N–H and O–H groups in total. The van der Waals surface area contributed by atoms with Gasteiger partial charge in [0.25, 0.3) is 12.9 Å². The number of hydrogen-bond acceptors (Lipinski definition) is 0. The van der Waals surface area contributed by atoms with E-state index in [2.05, 4.69) is 42.6 Å². The van der Waals surface area contributed by atoms with Crippen molar-refractivity contribution in [2.24, 2.45) is 5.92 Å². The van der Waals surface area contributed by atoms with Crippen molar-refractivity contribution in [1.29, 1.82) is 0 Å². The van der Waals surface area contributed by atoms with Gasteiger partial charge in [0.1, 0.15) is 0 Å². The first kappa shape index (κ1) is 7.77. The van der Waals surface area contributed by atoms with Crippen LogP contribution in [0.25, 0.3) is 0 Å². The minimum absolute atomic E-state index is 0.307. The molecule has 0 aliphatic heterocycles. The number of nitrogens with zero attached hydrogens (tertiary/aromatic N) is 1. The summed E-state index contributed by atoms with van der Waals surface area (Å²) in [5, 5.41) is 0. The van der Waals surface area contributed by atoms with Crippen LogP contribution in [0.4, 0.5) is 0 Å². The highest BCUT2D eigenvalue weighted by molar-refractivity contribution is 5.67. The summed E-state index contributed by atoms with van der Waals surface area (Å²) in [5.41, 5.74) is 1.27. The van der Waals surface area contributed by atoms with Gasteiger partial charge in [-0.1, -0.05) is 36.0 Å². The summed E-state index contributed by atoms with van der Waals surface area (Å²) in [7, 11) is 0. The Morgan fingerprint density at radius 2 is 2.36 bits per heavy atom. The van der Waals surface area contributed by atoms with Crippen molar-refractivity contribution in [1.82, 2.24) is 4.67 Å². The predicted octanol–water partition coefficient (Wildman–Crippen LogP) is 1.51. The van der Waals surface area contributed by atoms with E-state index in [1.807, 2.05) is 12.3 Å². The predicted molar refractivity (Wildman–Crippen MR) is 50.8 cm³/mol. The van der Waals surface area contributed by atoms with Gasteiger partial charge in [0.15, 0.2) is 0 Å². The fourth-order valence-corrected chi connectivity index (χ4v) is 0.939. The van der Waals surface area contributed by atoms with Gasteiger partial charge in [-0.05, 0) is 6.92 Å². The number of allylic oxidation sites excluding steroid dienone is 6. The Hall–Kier alpha value is -1.33. The lowest BCUT2D eigenvalue weighted by atomic mass is 10.1. The lowest BCUT2D eigenvalue weighted by Crippen LogP contribution is -1.93. The molecule has 1 atom stereocenters. The average Bonchev–Trinajstić information content (AvgIpc) is 2.17. The van der Waals surface area contributed by atoms with E-state index in [1.54, 1.807) is 0 Å². The molecule has 0 aromatic carbocycles. The van der Waals surface area contributed by atoms with Crippen LogP contribution in [0.1, 0.15) is 6.92 Å². The van der Waals surface area contributed by atoms with Gasteiger partial charge in [0.2, 0.25) is 0 Å². The molecule has 0 spiro atoms. The Morgan fingerprint density at radius 1 is 1.55 bits per heavy atom. The second kappa shape index (κ2) is 3.75. The first-order chi connectivity index (χ1) is 5.33. The molecule has 1 aliphatic rings. The SMILES string of the molecule is C=[N+]=CC1C=CC=C(C)C=C1. The van der Waals surface area contributed by atoms with Gasteiger partial charge in [-0.15, -0.1) is 4.67 Å². The normalized spacial score (nSPS) is 21.9. The third-order valence-electron chi connectivity index (χ3n) is 1.55. The van der Waals surface area contributed by atoms with Gasteiger partial charge < -0.3 is 0 Å². The second-order valence-electron chi connectivity index (χ2n) is 2.56. The molecule has 0 saturated carbocycles. The highest BCUT2D eigenvalue weighted by atomic mass is 14.5.